The predicted octanol–water partition coefficient (Wildman–Crippen LogP) is 2.59. The molecule has 1 aromatic carbocycles. The number of nitrogens with one attached hydrogen (secondary N) is 1. The molecule has 0 bridgehead atoms. The molecule has 1 heterocycles. The summed E-state index contributed by atoms with van der Waals surface area (Å²) in [5.74, 6) is -3.66. The fraction of sp³-hybridized carbons (Fsp3) is 0.480. The lowest BCUT2D eigenvalue weighted by molar-refractivity contribution is -0.151. The zero-order chi connectivity index (χ0) is 25.0. The summed E-state index contributed by atoms with van der Waals surface area (Å²) in [4.78, 5) is 39.3. The molecule has 1 aliphatic carbocycles. The van der Waals surface area contributed by atoms with Crippen LogP contribution in [-0.4, -0.2) is 56.9 Å². The van der Waals surface area contributed by atoms with Crippen LogP contribution in [0.25, 0.3) is 0 Å². The van der Waals surface area contributed by atoms with E-state index < -0.39 is 29.6 Å². The average molecular weight is 474 g/mol. The van der Waals surface area contributed by atoms with E-state index in [2.05, 4.69) is 5.32 Å². The monoisotopic (exact) mass is 473 g/mol. The number of benzene rings is 1. The minimum absolute atomic E-state index is 0.0473. The first kappa shape index (κ1) is 25.3. The third-order valence-corrected chi connectivity index (χ3v) is 6.16. The molecule has 0 aromatic heterocycles. The first-order chi connectivity index (χ1) is 16.2. The van der Waals surface area contributed by atoms with E-state index in [1.165, 1.54) is 20.3 Å². The average Bonchev–Trinajstić information content (AvgIpc) is 2.80. The van der Waals surface area contributed by atoms with Gasteiger partial charge in [-0.25, -0.2) is 4.79 Å². The number of Topliss-reactive ketones (excluding diaryl/α,β-unsaturated/α-hetero) is 1. The zero-order valence-corrected chi connectivity index (χ0v) is 20.1. The van der Waals surface area contributed by atoms with Crippen molar-refractivity contribution in [1.82, 2.24) is 5.32 Å². The number of rotatable bonds is 8. The molecule has 2 aliphatic rings. The Labute approximate surface area is 198 Å². The van der Waals surface area contributed by atoms with Crippen molar-refractivity contribution in [2.45, 2.75) is 33.1 Å². The second-order valence-corrected chi connectivity index (χ2v) is 8.30. The standard InChI is InChI=1S/C25H31NO8/c1-6-33-9-10-34-25(30)20-14(3)26-16-11-13(2)19(24(29)32-5)23(28)22(16)21(20)15-7-8-18(31-4)17(27)12-15/h7-8,12-13,19,21,26-27H,6,9-11H2,1-5H3. The molecule has 34 heavy (non-hydrogen) atoms. The molecule has 0 saturated carbocycles. The highest BCUT2D eigenvalue weighted by molar-refractivity contribution is 6.12. The number of ketones is 1. The Balaban J connectivity index is 2.11. The summed E-state index contributed by atoms with van der Waals surface area (Å²) < 4.78 is 20.7. The van der Waals surface area contributed by atoms with Gasteiger partial charge in [0.05, 0.1) is 26.4 Å². The predicted molar refractivity (Wildman–Crippen MR) is 122 cm³/mol. The van der Waals surface area contributed by atoms with E-state index in [0.29, 0.717) is 35.6 Å². The molecule has 0 fully saturated rings. The Morgan fingerprint density at radius 1 is 1.21 bits per heavy atom. The lowest BCUT2D eigenvalue weighted by Gasteiger charge is -2.38. The van der Waals surface area contributed by atoms with Crippen LogP contribution in [0.1, 0.15) is 38.7 Å². The van der Waals surface area contributed by atoms with Crippen LogP contribution < -0.4 is 10.1 Å². The van der Waals surface area contributed by atoms with Crippen molar-refractivity contribution < 1.29 is 38.4 Å². The molecular formula is C25H31NO8. The summed E-state index contributed by atoms with van der Waals surface area (Å²) in [6.45, 7) is 6.17. The number of esters is 2. The summed E-state index contributed by atoms with van der Waals surface area (Å²) >= 11 is 0. The van der Waals surface area contributed by atoms with E-state index in [-0.39, 0.29) is 36.2 Å². The number of aromatic hydroxyl groups is 1. The number of dihydropyridines is 1. The Morgan fingerprint density at radius 2 is 1.94 bits per heavy atom. The van der Waals surface area contributed by atoms with Crippen molar-refractivity contribution >= 4 is 17.7 Å². The van der Waals surface area contributed by atoms with E-state index in [1.54, 1.807) is 19.1 Å². The van der Waals surface area contributed by atoms with Crippen LogP contribution in [0.2, 0.25) is 0 Å². The summed E-state index contributed by atoms with van der Waals surface area (Å²) in [5, 5.41) is 13.6. The van der Waals surface area contributed by atoms with E-state index in [0.717, 1.165) is 0 Å². The van der Waals surface area contributed by atoms with Gasteiger partial charge in [-0.3, -0.25) is 9.59 Å². The maximum absolute atomic E-state index is 13.7. The minimum Gasteiger partial charge on any atom is -0.504 e. The van der Waals surface area contributed by atoms with E-state index >= 15 is 0 Å². The number of hydrogen-bond donors (Lipinski definition) is 2. The second-order valence-electron chi connectivity index (χ2n) is 8.30. The van der Waals surface area contributed by atoms with Crippen LogP contribution in [0.5, 0.6) is 11.5 Å². The molecule has 2 N–H and O–H groups in total. The van der Waals surface area contributed by atoms with Crippen LogP contribution in [0.4, 0.5) is 0 Å². The number of phenolic OH excluding ortho intramolecular Hbond substituents is 1. The SMILES string of the molecule is CCOCCOC(=O)C1=C(C)NC2=C(C(=O)C(C(=O)OC)C(C)C2)C1c1ccc(OC)c(O)c1. The fourth-order valence-electron chi connectivity index (χ4n) is 4.59. The van der Waals surface area contributed by atoms with Crippen LogP contribution in [0, 0.1) is 11.8 Å². The number of carbonyl (C=O) groups excluding carboxylic acids is 3. The number of carbonyl (C=O) groups is 3. The number of allylic oxidation sites excluding steroid dienone is 3. The number of hydrogen-bond acceptors (Lipinski definition) is 9. The number of phenols is 1. The Bertz CT molecular complexity index is 1040. The van der Waals surface area contributed by atoms with Crippen LogP contribution in [-0.2, 0) is 28.6 Å². The highest BCUT2D eigenvalue weighted by Crippen LogP contribution is 2.46. The molecule has 9 nitrogen and oxygen atoms in total. The lowest BCUT2D eigenvalue weighted by atomic mass is 9.69. The number of ether oxygens (including phenoxy) is 4. The van der Waals surface area contributed by atoms with Gasteiger partial charge >= 0.3 is 11.9 Å². The van der Waals surface area contributed by atoms with Crippen molar-refractivity contribution in [3.63, 3.8) is 0 Å². The normalized spacial score (nSPS) is 22.1. The fourth-order valence-corrected chi connectivity index (χ4v) is 4.59. The van der Waals surface area contributed by atoms with Crippen LogP contribution >= 0.6 is 0 Å². The Morgan fingerprint density at radius 3 is 2.56 bits per heavy atom. The van der Waals surface area contributed by atoms with Gasteiger partial charge in [0, 0.05) is 29.5 Å². The zero-order valence-electron chi connectivity index (χ0n) is 20.1. The Kier molecular flexibility index (Phi) is 7.98. The van der Waals surface area contributed by atoms with Gasteiger partial charge in [-0.1, -0.05) is 13.0 Å². The van der Waals surface area contributed by atoms with Crippen molar-refractivity contribution in [1.29, 1.82) is 0 Å². The van der Waals surface area contributed by atoms with Crippen molar-refractivity contribution in [3.8, 4) is 11.5 Å². The maximum atomic E-state index is 13.7. The summed E-state index contributed by atoms with van der Waals surface area (Å²) in [6.07, 6.45) is 0.420. The van der Waals surface area contributed by atoms with Crippen LogP contribution in [0.3, 0.4) is 0 Å². The topological polar surface area (TPSA) is 120 Å². The molecule has 3 atom stereocenters. The highest BCUT2D eigenvalue weighted by Gasteiger charge is 2.47. The molecule has 1 aromatic rings. The summed E-state index contributed by atoms with van der Waals surface area (Å²) in [7, 11) is 2.67. The first-order valence-electron chi connectivity index (χ1n) is 11.2. The summed E-state index contributed by atoms with van der Waals surface area (Å²) in [6, 6.07) is 4.70. The van der Waals surface area contributed by atoms with Crippen LogP contribution in [0.15, 0.2) is 40.7 Å². The number of methoxy groups -OCH3 is 2. The van der Waals surface area contributed by atoms with Crippen molar-refractivity contribution in [2.75, 3.05) is 34.0 Å². The van der Waals surface area contributed by atoms with Crippen molar-refractivity contribution in [3.05, 3.63) is 46.3 Å². The lowest BCUT2D eigenvalue weighted by Crippen LogP contribution is -2.43. The van der Waals surface area contributed by atoms with Gasteiger partial charge in [-0.15, -0.1) is 0 Å². The largest absolute Gasteiger partial charge is 0.504 e. The smallest absolute Gasteiger partial charge is 0.336 e. The van der Waals surface area contributed by atoms with Gasteiger partial charge in [0.1, 0.15) is 12.5 Å². The molecular weight excluding hydrogens is 442 g/mol. The van der Waals surface area contributed by atoms with Crippen molar-refractivity contribution in [2.24, 2.45) is 11.8 Å². The quantitative estimate of drug-likeness (QED) is 0.333. The van der Waals surface area contributed by atoms with Gasteiger partial charge in [-0.05, 0) is 43.9 Å². The maximum Gasteiger partial charge on any atom is 0.336 e. The van der Waals surface area contributed by atoms with Gasteiger partial charge in [0.2, 0.25) is 0 Å². The van der Waals surface area contributed by atoms with E-state index in [1.807, 2.05) is 13.8 Å². The molecule has 3 unspecified atom stereocenters. The molecule has 1 aliphatic heterocycles. The van der Waals surface area contributed by atoms with Gasteiger partial charge < -0.3 is 29.4 Å². The van der Waals surface area contributed by atoms with E-state index in [4.69, 9.17) is 18.9 Å². The first-order valence-corrected chi connectivity index (χ1v) is 11.2. The molecule has 0 spiro atoms. The summed E-state index contributed by atoms with van der Waals surface area (Å²) in [5.41, 5.74) is 2.19. The Hall–Kier alpha value is -3.33. The highest BCUT2D eigenvalue weighted by atomic mass is 16.6. The molecule has 9 heteroatoms. The third-order valence-electron chi connectivity index (χ3n) is 6.16. The minimum atomic E-state index is -0.992. The van der Waals surface area contributed by atoms with E-state index in [9.17, 15) is 19.5 Å². The molecule has 0 saturated heterocycles. The molecule has 184 valence electrons. The second kappa shape index (κ2) is 10.7. The van der Waals surface area contributed by atoms with Gasteiger partial charge in [-0.2, -0.15) is 0 Å². The van der Waals surface area contributed by atoms with Gasteiger partial charge in [0.15, 0.2) is 17.3 Å². The third kappa shape index (κ3) is 4.79. The van der Waals surface area contributed by atoms with Gasteiger partial charge in [0.25, 0.3) is 0 Å². The molecule has 0 amide bonds. The molecule has 0 radical (unpaired) electrons. The molecule has 3 rings (SSSR count).